The van der Waals surface area contributed by atoms with Crippen molar-refractivity contribution in [1.29, 1.82) is 0 Å². The van der Waals surface area contributed by atoms with E-state index in [1.54, 1.807) is 6.92 Å². The van der Waals surface area contributed by atoms with E-state index in [1.807, 2.05) is 0 Å². The van der Waals surface area contributed by atoms with Crippen LogP contribution in [0.4, 0.5) is 13.2 Å². The van der Waals surface area contributed by atoms with Gasteiger partial charge in [-0.2, -0.15) is 13.2 Å². The Morgan fingerprint density at radius 2 is 1.89 bits per heavy atom. The standard InChI is InChI=1S/C12H11F3N2O/c1-7(16)11-9(6-17-18-11)8-4-2-3-5-10(8)12(13,14)15/h2-7H,16H2,1H3. The highest BCUT2D eigenvalue weighted by molar-refractivity contribution is 5.69. The Kier molecular flexibility index (Phi) is 3.13. The minimum absolute atomic E-state index is 0.0264. The Morgan fingerprint density at radius 1 is 1.22 bits per heavy atom. The van der Waals surface area contributed by atoms with Crippen LogP contribution in [0.25, 0.3) is 11.1 Å². The zero-order valence-electron chi connectivity index (χ0n) is 9.53. The van der Waals surface area contributed by atoms with E-state index >= 15 is 0 Å². The molecule has 0 aliphatic heterocycles. The van der Waals surface area contributed by atoms with Gasteiger partial charge < -0.3 is 10.3 Å². The zero-order chi connectivity index (χ0) is 13.3. The largest absolute Gasteiger partial charge is 0.417 e. The van der Waals surface area contributed by atoms with Gasteiger partial charge in [0.05, 0.1) is 17.8 Å². The highest BCUT2D eigenvalue weighted by Crippen LogP contribution is 2.38. The summed E-state index contributed by atoms with van der Waals surface area (Å²) in [5.74, 6) is 0.242. The Morgan fingerprint density at radius 3 is 2.50 bits per heavy atom. The van der Waals surface area contributed by atoms with Crippen LogP contribution in [0.2, 0.25) is 0 Å². The van der Waals surface area contributed by atoms with Crippen LogP contribution in [-0.4, -0.2) is 5.16 Å². The summed E-state index contributed by atoms with van der Waals surface area (Å²) in [6.07, 6.45) is -3.17. The maximum absolute atomic E-state index is 12.9. The molecule has 18 heavy (non-hydrogen) atoms. The molecule has 2 N–H and O–H groups in total. The van der Waals surface area contributed by atoms with Crippen LogP contribution in [0.15, 0.2) is 35.0 Å². The lowest BCUT2D eigenvalue weighted by atomic mass is 9.98. The van der Waals surface area contributed by atoms with Crippen LogP contribution in [0.1, 0.15) is 24.3 Å². The molecule has 0 saturated carbocycles. The quantitative estimate of drug-likeness (QED) is 0.896. The van der Waals surface area contributed by atoms with Gasteiger partial charge in [0.25, 0.3) is 0 Å². The minimum atomic E-state index is -4.43. The van der Waals surface area contributed by atoms with Crippen LogP contribution in [0.3, 0.4) is 0 Å². The first-order chi connectivity index (χ1) is 8.41. The fraction of sp³-hybridized carbons (Fsp3) is 0.250. The summed E-state index contributed by atoms with van der Waals surface area (Å²) < 4.78 is 43.6. The molecule has 6 heteroatoms. The molecule has 0 fully saturated rings. The summed E-state index contributed by atoms with van der Waals surface area (Å²) in [7, 11) is 0. The third-order valence-electron chi connectivity index (χ3n) is 2.53. The molecular weight excluding hydrogens is 245 g/mol. The van der Waals surface area contributed by atoms with Gasteiger partial charge in [-0.15, -0.1) is 0 Å². The molecule has 0 bridgehead atoms. The van der Waals surface area contributed by atoms with E-state index < -0.39 is 17.8 Å². The smallest absolute Gasteiger partial charge is 0.359 e. The monoisotopic (exact) mass is 256 g/mol. The summed E-state index contributed by atoms with van der Waals surface area (Å²) in [6.45, 7) is 1.63. The Hall–Kier alpha value is -1.82. The van der Waals surface area contributed by atoms with Gasteiger partial charge in [-0.3, -0.25) is 0 Å². The number of alkyl halides is 3. The second-order valence-electron chi connectivity index (χ2n) is 3.94. The van der Waals surface area contributed by atoms with Crippen molar-refractivity contribution in [3.63, 3.8) is 0 Å². The third-order valence-corrected chi connectivity index (χ3v) is 2.53. The van der Waals surface area contributed by atoms with Gasteiger partial charge in [0, 0.05) is 5.56 Å². The van der Waals surface area contributed by atoms with E-state index in [0.29, 0.717) is 0 Å². The first-order valence-corrected chi connectivity index (χ1v) is 5.28. The van der Waals surface area contributed by atoms with Crippen molar-refractivity contribution in [3.8, 4) is 11.1 Å². The summed E-state index contributed by atoms with van der Waals surface area (Å²) >= 11 is 0. The summed E-state index contributed by atoms with van der Waals surface area (Å²) in [4.78, 5) is 0. The second kappa shape index (κ2) is 4.45. The van der Waals surface area contributed by atoms with Crippen molar-refractivity contribution < 1.29 is 17.7 Å². The Balaban J connectivity index is 2.61. The molecule has 1 atom stereocenters. The van der Waals surface area contributed by atoms with Crippen molar-refractivity contribution >= 4 is 0 Å². The zero-order valence-corrected chi connectivity index (χ0v) is 9.53. The number of nitrogens with zero attached hydrogens (tertiary/aromatic N) is 1. The van der Waals surface area contributed by atoms with Gasteiger partial charge in [0.15, 0.2) is 5.76 Å². The highest BCUT2D eigenvalue weighted by atomic mass is 19.4. The number of hydrogen-bond donors (Lipinski definition) is 1. The molecule has 96 valence electrons. The molecule has 0 aliphatic carbocycles. The summed E-state index contributed by atoms with van der Waals surface area (Å²) in [5.41, 5.74) is 5.22. The lowest BCUT2D eigenvalue weighted by Crippen LogP contribution is -2.09. The van der Waals surface area contributed by atoms with E-state index in [2.05, 4.69) is 5.16 Å². The molecule has 3 nitrogen and oxygen atoms in total. The normalized spacial score (nSPS) is 13.6. The topological polar surface area (TPSA) is 52.0 Å². The number of benzene rings is 1. The van der Waals surface area contributed by atoms with Crippen LogP contribution in [0, 0.1) is 0 Å². The van der Waals surface area contributed by atoms with Gasteiger partial charge in [-0.25, -0.2) is 0 Å². The molecule has 0 radical (unpaired) electrons. The average molecular weight is 256 g/mol. The third kappa shape index (κ3) is 2.24. The first-order valence-electron chi connectivity index (χ1n) is 5.28. The van der Waals surface area contributed by atoms with Crippen molar-refractivity contribution in [2.45, 2.75) is 19.1 Å². The fourth-order valence-corrected chi connectivity index (χ4v) is 1.74. The molecule has 2 rings (SSSR count). The molecule has 0 spiro atoms. The van der Waals surface area contributed by atoms with Crippen LogP contribution in [0.5, 0.6) is 0 Å². The molecule has 0 aliphatic rings. The molecule has 1 heterocycles. The molecule has 2 aromatic rings. The second-order valence-corrected chi connectivity index (χ2v) is 3.94. The maximum atomic E-state index is 12.9. The van der Waals surface area contributed by atoms with E-state index in [9.17, 15) is 13.2 Å². The van der Waals surface area contributed by atoms with Crippen LogP contribution < -0.4 is 5.73 Å². The first kappa shape index (κ1) is 12.6. The van der Waals surface area contributed by atoms with Crippen molar-refractivity contribution in [2.24, 2.45) is 5.73 Å². The van der Waals surface area contributed by atoms with Crippen LogP contribution >= 0.6 is 0 Å². The molecule has 0 saturated heterocycles. The number of rotatable bonds is 2. The van der Waals surface area contributed by atoms with Gasteiger partial charge in [0.1, 0.15) is 0 Å². The number of nitrogens with two attached hydrogens (primary N) is 1. The fourth-order valence-electron chi connectivity index (χ4n) is 1.74. The van der Waals surface area contributed by atoms with Gasteiger partial charge in [-0.1, -0.05) is 23.4 Å². The molecule has 1 aromatic carbocycles. The molecule has 1 unspecified atom stereocenters. The number of aromatic nitrogens is 1. The van der Waals surface area contributed by atoms with E-state index in [0.717, 1.165) is 6.07 Å². The predicted octanol–water partition coefficient (Wildman–Crippen LogP) is 3.38. The summed E-state index contributed by atoms with van der Waals surface area (Å²) in [6, 6.07) is 4.74. The van der Waals surface area contributed by atoms with Crippen molar-refractivity contribution in [1.82, 2.24) is 5.16 Å². The maximum Gasteiger partial charge on any atom is 0.417 e. The van der Waals surface area contributed by atoms with Gasteiger partial charge in [0.2, 0.25) is 0 Å². The van der Waals surface area contributed by atoms with E-state index in [-0.39, 0.29) is 16.9 Å². The molecular formula is C12H11F3N2O. The Bertz CT molecular complexity index is 546. The number of hydrogen-bond acceptors (Lipinski definition) is 3. The molecule has 1 aromatic heterocycles. The van der Waals surface area contributed by atoms with Crippen molar-refractivity contribution in [3.05, 3.63) is 41.8 Å². The summed E-state index contributed by atoms with van der Waals surface area (Å²) in [5, 5.41) is 3.52. The molecule has 0 amide bonds. The predicted molar refractivity (Wildman–Crippen MR) is 59.5 cm³/mol. The van der Waals surface area contributed by atoms with Crippen LogP contribution in [-0.2, 0) is 6.18 Å². The minimum Gasteiger partial charge on any atom is -0.359 e. The van der Waals surface area contributed by atoms with Crippen molar-refractivity contribution in [2.75, 3.05) is 0 Å². The Labute approximate surface area is 101 Å². The van der Waals surface area contributed by atoms with Gasteiger partial charge >= 0.3 is 6.18 Å². The van der Waals surface area contributed by atoms with E-state index in [4.69, 9.17) is 10.3 Å². The average Bonchev–Trinajstić information content (AvgIpc) is 2.76. The highest BCUT2D eigenvalue weighted by Gasteiger charge is 2.34. The van der Waals surface area contributed by atoms with Gasteiger partial charge in [-0.05, 0) is 18.6 Å². The SMILES string of the molecule is CC(N)c1oncc1-c1ccccc1C(F)(F)F. The van der Waals surface area contributed by atoms with E-state index in [1.165, 1.54) is 24.4 Å². The lowest BCUT2D eigenvalue weighted by Gasteiger charge is -2.12. The lowest BCUT2D eigenvalue weighted by molar-refractivity contribution is -0.137. The number of halogens is 3.